The summed E-state index contributed by atoms with van der Waals surface area (Å²) in [5.74, 6) is 1.81. The molecule has 1 atom stereocenters. The molecule has 0 amide bonds. The van der Waals surface area contributed by atoms with Gasteiger partial charge < -0.3 is 14.6 Å². The number of carboxylic acid groups (broad SMARTS) is 1. The Kier molecular flexibility index (Phi) is 13.0. The fourth-order valence-corrected chi connectivity index (χ4v) is 9.18. The second kappa shape index (κ2) is 18.4. The fraction of sp³-hybridized carbons (Fsp3) is 0.458. The third kappa shape index (κ3) is 9.85. The number of rotatable bonds is 15. The van der Waals surface area contributed by atoms with Gasteiger partial charge in [-0.15, -0.1) is 0 Å². The van der Waals surface area contributed by atoms with Gasteiger partial charge in [-0.05, 0) is 136 Å². The van der Waals surface area contributed by atoms with Crippen molar-refractivity contribution in [3.05, 3.63) is 107 Å². The van der Waals surface area contributed by atoms with Crippen LogP contribution >= 0.6 is 0 Å². The summed E-state index contributed by atoms with van der Waals surface area (Å²) in [6, 6.07) is 27.7. The van der Waals surface area contributed by atoms with Crippen molar-refractivity contribution < 1.29 is 28.6 Å². The van der Waals surface area contributed by atoms with Gasteiger partial charge in [-0.3, -0.25) is 14.5 Å². The molecule has 3 fully saturated rings. The zero-order valence-corrected chi connectivity index (χ0v) is 32.3. The molecule has 0 bridgehead atoms. The van der Waals surface area contributed by atoms with Crippen molar-refractivity contribution >= 4 is 12.3 Å². The molecule has 55 heavy (non-hydrogen) atoms. The van der Waals surface area contributed by atoms with Crippen LogP contribution in [0.2, 0.25) is 0 Å². The van der Waals surface area contributed by atoms with E-state index in [1.165, 1.54) is 19.3 Å². The molecule has 2 aliphatic carbocycles. The summed E-state index contributed by atoms with van der Waals surface area (Å²) in [7, 11) is 0. The van der Waals surface area contributed by atoms with Gasteiger partial charge in [0.1, 0.15) is 23.6 Å². The number of aldehydes is 1. The van der Waals surface area contributed by atoms with Crippen LogP contribution in [0.15, 0.2) is 84.9 Å². The Bertz CT molecular complexity index is 1880. The first-order valence-electron chi connectivity index (χ1n) is 20.7. The number of hydrogen-bond acceptors (Lipinski definition) is 5. The quantitative estimate of drug-likeness (QED) is 0.122. The van der Waals surface area contributed by atoms with Crippen LogP contribution < -0.4 is 9.47 Å². The van der Waals surface area contributed by atoms with E-state index in [-0.39, 0.29) is 17.8 Å². The number of hydrogen-bond donors (Lipinski definition) is 1. The second-order valence-electron chi connectivity index (χ2n) is 16.2. The van der Waals surface area contributed by atoms with Gasteiger partial charge in [-0.1, -0.05) is 80.4 Å². The minimum atomic E-state index is -0.780. The first-order valence-corrected chi connectivity index (χ1v) is 20.7. The Morgan fingerprint density at radius 3 is 1.93 bits per heavy atom. The van der Waals surface area contributed by atoms with Crippen LogP contribution in [0, 0.1) is 23.6 Å². The van der Waals surface area contributed by atoms with Crippen LogP contribution in [-0.4, -0.2) is 47.6 Å². The predicted octanol–water partition coefficient (Wildman–Crippen LogP) is 11.2. The minimum Gasteiger partial charge on any atom is -0.490 e. The Morgan fingerprint density at radius 1 is 0.764 bits per heavy atom. The Morgan fingerprint density at radius 2 is 1.35 bits per heavy atom. The van der Waals surface area contributed by atoms with E-state index in [0.717, 1.165) is 109 Å². The molecule has 1 saturated heterocycles. The van der Waals surface area contributed by atoms with Crippen LogP contribution in [0.25, 0.3) is 22.3 Å². The van der Waals surface area contributed by atoms with Crippen molar-refractivity contribution in [2.75, 3.05) is 13.1 Å². The number of carbonyl (C=O) groups excluding carboxylic acids is 1. The van der Waals surface area contributed by atoms with Crippen LogP contribution in [-0.2, 0) is 17.8 Å². The van der Waals surface area contributed by atoms with E-state index in [4.69, 9.17) is 9.47 Å². The zero-order valence-electron chi connectivity index (χ0n) is 32.3. The normalized spacial score (nSPS) is 23.0. The largest absolute Gasteiger partial charge is 0.490 e. The Hall–Kier alpha value is -4.49. The van der Waals surface area contributed by atoms with Gasteiger partial charge in [0.15, 0.2) is 0 Å². The van der Waals surface area contributed by atoms with E-state index in [0.29, 0.717) is 49.2 Å². The topological polar surface area (TPSA) is 76.1 Å². The lowest BCUT2D eigenvalue weighted by atomic mass is 9.83. The Balaban J connectivity index is 0.877. The standard InChI is InChI=1S/C48H56FNO5/c1-2-33-12-20-40(21-13-33)54-42-24-16-35(17-25-42)44-10-5-8-39(32-51)45(44)9-3-6-34-14-22-41(23-15-34)55-43-26-18-36(19-27-43)46-11-4-7-37(47(46)49)30-50-29-28-38(31-50)48(52)53/h4-5,7-8,10-11,16-19,24-27,32-34,38,40-41H,2-3,6,9,12-15,20-23,28-31H2,1H3,(H,52,53). The van der Waals surface area contributed by atoms with E-state index in [2.05, 4.69) is 37.3 Å². The monoisotopic (exact) mass is 745 g/mol. The lowest BCUT2D eigenvalue weighted by Gasteiger charge is -2.29. The lowest BCUT2D eigenvalue weighted by Crippen LogP contribution is -2.24. The molecule has 1 unspecified atom stereocenters. The molecule has 0 aromatic heterocycles. The summed E-state index contributed by atoms with van der Waals surface area (Å²) < 4.78 is 28.3. The molecule has 1 N–H and O–H groups in total. The van der Waals surface area contributed by atoms with Gasteiger partial charge in [0.25, 0.3) is 0 Å². The smallest absolute Gasteiger partial charge is 0.307 e. The van der Waals surface area contributed by atoms with E-state index < -0.39 is 5.97 Å². The number of ether oxygens (including phenoxy) is 2. The average Bonchev–Trinajstić information content (AvgIpc) is 3.69. The van der Waals surface area contributed by atoms with Crippen LogP contribution in [0.4, 0.5) is 4.39 Å². The van der Waals surface area contributed by atoms with Crippen LogP contribution in [0.1, 0.15) is 105 Å². The number of benzene rings is 4. The maximum atomic E-state index is 15.6. The van der Waals surface area contributed by atoms with E-state index in [1.807, 2.05) is 47.4 Å². The molecule has 0 spiro atoms. The van der Waals surface area contributed by atoms with Crippen molar-refractivity contribution in [2.24, 2.45) is 17.8 Å². The molecule has 3 aliphatic rings. The molecular formula is C48H56FNO5. The van der Waals surface area contributed by atoms with Crippen molar-refractivity contribution in [3.63, 3.8) is 0 Å². The van der Waals surface area contributed by atoms with Crippen LogP contribution in [0.3, 0.4) is 0 Å². The predicted molar refractivity (Wildman–Crippen MR) is 216 cm³/mol. The summed E-state index contributed by atoms with van der Waals surface area (Å²) in [5, 5.41) is 9.32. The van der Waals surface area contributed by atoms with Gasteiger partial charge in [-0.25, -0.2) is 4.39 Å². The number of halogens is 1. The van der Waals surface area contributed by atoms with Crippen molar-refractivity contribution in [1.82, 2.24) is 4.90 Å². The maximum Gasteiger partial charge on any atom is 0.307 e. The number of carboxylic acids is 1. The molecule has 290 valence electrons. The molecule has 1 heterocycles. The number of aliphatic carboxylic acids is 1. The fourth-order valence-electron chi connectivity index (χ4n) is 9.18. The first kappa shape index (κ1) is 38.8. The molecular weight excluding hydrogens is 690 g/mol. The highest BCUT2D eigenvalue weighted by atomic mass is 19.1. The van der Waals surface area contributed by atoms with E-state index in [9.17, 15) is 14.7 Å². The SMILES string of the molecule is CCC1CCC(Oc2ccc(-c3cccc(C=O)c3CCCC3CCC(Oc4ccc(-c5cccc(CN6CCC(C(=O)O)C6)c5F)cc4)CC3)cc2)CC1. The molecule has 7 rings (SSSR count). The minimum absolute atomic E-state index is 0.165. The summed E-state index contributed by atoms with van der Waals surface area (Å²) in [5.41, 5.74) is 6.10. The van der Waals surface area contributed by atoms with Gasteiger partial charge in [0.05, 0.1) is 18.1 Å². The molecule has 4 aromatic carbocycles. The van der Waals surface area contributed by atoms with E-state index in [1.54, 1.807) is 12.1 Å². The highest BCUT2D eigenvalue weighted by Gasteiger charge is 2.29. The summed E-state index contributed by atoms with van der Waals surface area (Å²) in [6.45, 7) is 3.81. The molecule has 0 radical (unpaired) electrons. The summed E-state index contributed by atoms with van der Waals surface area (Å²) in [6.07, 6.45) is 15.4. The number of likely N-dealkylation sites (tertiary alicyclic amines) is 1. The number of nitrogens with zero attached hydrogens (tertiary/aromatic N) is 1. The van der Waals surface area contributed by atoms with Gasteiger partial charge in [0.2, 0.25) is 0 Å². The van der Waals surface area contributed by atoms with Gasteiger partial charge in [0, 0.05) is 29.8 Å². The lowest BCUT2D eigenvalue weighted by molar-refractivity contribution is -0.141. The third-order valence-electron chi connectivity index (χ3n) is 12.6. The highest BCUT2D eigenvalue weighted by molar-refractivity contribution is 5.83. The molecule has 6 nitrogen and oxygen atoms in total. The van der Waals surface area contributed by atoms with Crippen molar-refractivity contribution in [3.8, 4) is 33.8 Å². The van der Waals surface area contributed by atoms with Crippen molar-refractivity contribution in [1.29, 1.82) is 0 Å². The average molecular weight is 746 g/mol. The zero-order chi connectivity index (χ0) is 38.1. The number of carbonyl (C=O) groups is 2. The van der Waals surface area contributed by atoms with E-state index >= 15 is 4.39 Å². The molecule has 7 heteroatoms. The van der Waals surface area contributed by atoms with Crippen molar-refractivity contribution in [2.45, 2.75) is 109 Å². The Labute approximate surface area is 326 Å². The highest BCUT2D eigenvalue weighted by Crippen LogP contribution is 2.35. The first-order chi connectivity index (χ1) is 26.9. The third-order valence-corrected chi connectivity index (χ3v) is 12.6. The van der Waals surface area contributed by atoms with Crippen LogP contribution in [0.5, 0.6) is 11.5 Å². The summed E-state index contributed by atoms with van der Waals surface area (Å²) in [4.78, 5) is 25.5. The maximum absolute atomic E-state index is 15.6. The molecule has 1 aliphatic heterocycles. The molecule has 2 saturated carbocycles. The second-order valence-corrected chi connectivity index (χ2v) is 16.2. The van der Waals surface area contributed by atoms with Gasteiger partial charge in [-0.2, -0.15) is 0 Å². The summed E-state index contributed by atoms with van der Waals surface area (Å²) >= 11 is 0. The van der Waals surface area contributed by atoms with Gasteiger partial charge >= 0.3 is 5.97 Å². The molecule has 4 aromatic rings.